The van der Waals surface area contributed by atoms with Gasteiger partial charge in [-0.1, -0.05) is 0 Å². The standard InChI is InChI=1S/C15H16N4O4/c20-14-9-11(19(22)23)4-5-13(14)15(21)17-7-1-3-12(10-17)18-8-2-6-16-18/h2,4-6,8-9,12,20H,1,3,7,10H2. The van der Waals surface area contributed by atoms with Gasteiger partial charge in [-0.15, -0.1) is 0 Å². The molecule has 23 heavy (non-hydrogen) atoms. The Morgan fingerprint density at radius 2 is 2.26 bits per heavy atom. The van der Waals surface area contributed by atoms with Crippen molar-refractivity contribution in [2.75, 3.05) is 13.1 Å². The number of aromatic hydroxyl groups is 1. The Kier molecular flexibility index (Phi) is 3.96. The molecule has 0 aliphatic carbocycles. The van der Waals surface area contributed by atoms with E-state index in [9.17, 15) is 20.0 Å². The van der Waals surface area contributed by atoms with Gasteiger partial charge in [-0.05, 0) is 25.0 Å². The highest BCUT2D eigenvalue weighted by Crippen LogP contribution is 2.27. The molecule has 8 heteroatoms. The van der Waals surface area contributed by atoms with Gasteiger partial charge >= 0.3 is 0 Å². The molecule has 1 aliphatic rings. The van der Waals surface area contributed by atoms with Crippen LogP contribution in [0.3, 0.4) is 0 Å². The van der Waals surface area contributed by atoms with Crippen LogP contribution in [0.5, 0.6) is 5.75 Å². The lowest BCUT2D eigenvalue weighted by molar-refractivity contribution is -0.384. The molecule has 3 rings (SSSR count). The summed E-state index contributed by atoms with van der Waals surface area (Å²) in [5.41, 5.74) is -0.163. The third-order valence-electron chi connectivity index (χ3n) is 4.01. The van der Waals surface area contributed by atoms with Gasteiger partial charge in [0.05, 0.1) is 22.6 Å². The first-order chi connectivity index (χ1) is 11.1. The average Bonchev–Trinajstić information content (AvgIpc) is 3.08. The Morgan fingerprint density at radius 3 is 2.91 bits per heavy atom. The molecular weight excluding hydrogens is 300 g/mol. The minimum Gasteiger partial charge on any atom is -0.507 e. The highest BCUT2D eigenvalue weighted by atomic mass is 16.6. The van der Waals surface area contributed by atoms with Gasteiger partial charge in [0.2, 0.25) is 0 Å². The Hall–Kier alpha value is -2.90. The summed E-state index contributed by atoms with van der Waals surface area (Å²) in [7, 11) is 0. The summed E-state index contributed by atoms with van der Waals surface area (Å²) in [4.78, 5) is 24.3. The van der Waals surface area contributed by atoms with Gasteiger partial charge in [0.15, 0.2) is 0 Å². The number of hydrogen-bond acceptors (Lipinski definition) is 5. The van der Waals surface area contributed by atoms with Crippen LogP contribution in [-0.4, -0.2) is 43.7 Å². The van der Waals surface area contributed by atoms with E-state index in [-0.39, 0.29) is 28.9 Å². The summed E-state index contributed by atoms with van der Waals surface area (Å²) in [5.74, 6) is -0.695. The van der Waals surface area contributed by atoms with Crippen molar-refractivity contribution in [3.8, 4) is 5.75 Å². The van der Waals surface area contributed by atoms with E-state index in [2.05, 4.69) is 5.10 Å². The summed E-state index contributed by atoms with van der Waals surface area (Å²) in [6.07, 6.45) is 5.33. The van der Waals surface area contributed by atoms with Crippen LogP contribution in [0.15, 0.2) is 36.7 Å². The SMILES string of the molecule is O=C(c1ccc([N+](=O)[O-])cc1O)N1CCCC(n2cccn2)C1. The molecule has 8 nitrogen and oxygen atoms in total. The van der Waals surface area contributed by atoms with Gasteiger partial charge in [-0.2, -0.15) is 5.10 Å². The number of nitro benzene ring substituents is 1. The van der Waals surface area contributed by atoms with Gasteiger partial charge < -0.3 is 10.0 Å². The second-order valence-corrected chi connectivity index (χ2v) is 5.49. The number of likely N-dealkylation sites (tertiary alicyclic amines) is 1. The van der Waals surface area contributed by atoms with E-state index in [1.54, 1.807) is 11.1 Å². The van der Waals surface area contributed by atoms with E-state index in [0.717, 1.165) is 18.9 Å². The number of hydrogen-bond donors (Lipinski definition) is 1. The number of rotatable bonds is 3. The number of nitro groups is 1. The number of piperidine rings is 1. The largest absolute Gasteiger partial charge is 0.507 e. The summed E-state index contributed by atoms with van der Waals surface area (Å²) < 4.78 is 1.83. The highest BCUT2D eigenvalue weighted by Gasteiger charge is 2.27. The maximum Gasteiger partial charge on any atom is 0.273 e. The molecule has 0 radical (unpaired) electrons. The molecule has 1 aromatic heterocycles. The van der Waals surface area contributed by atoms with Crippen molar-refractivity contribution in [2.24, 2.45) is 0 Å². The average molecular weight is 316 g/mol. The van der Waals surface area contributed by atoms with Crippen LogP contribution in [0.25, 0.3) is 0 Å². The van der Waals surface area contributed by atoms with Gasteiger partial charge in [0, 0.05) is 31.5 Å². The normalized spacial score (nSPS) is 17.9. The van der Waals surface area contributed by atoms with Gasteiger partial charge in [-0.25, -0.2) is 0 Å². The lowest BCUT2D eigenvalue weighted by atomic mass is 10.0. The first kappa shape index (κ1) is 15.0. The zero-order valence-electron chi connectivity index (χ0n) is 12.3. The topological polar surface area (TPSA) is 101 Å². The molecule has 0 bridgehead atoms. The molecular formula is C15H16N4O4. The van der Waals surface area contributed by atoms with Gasteiger partial charge in [0.1, 0.15) is 5.75 Å². The molecule has 1 unspecified atom stereocenters. The Bertz CT molecular complexity index is 729. The number of aromatic nitrogens is 2. The molecule has 1 N–H and O–H groups in total. The third-order valence-corrected chi connectivity index (χ3v) is 4.01. The highest BCUT2D eigenvalue weighted by molar-refractivity contribution is 5.97. The van der Waals surface area contributed by atoms with E-state index >= 15 is 0 Å². The van der Waals surface area contributed by atoms with Crippen molar-refractivity contribution >= 4 is 11.6 Å². The van der Waals surface area contributed by atoms with Crippen molar-refractivity contribution in [3.63, 3.8) is 0 Å². The fourth-order valence-electron chi connectivity index (χ4n) is 2.84. The number of phenols is 1. The van der Waals surface area contributed by atoms with Crippen LogP contribution in [0.2, 0.25) is 0 Å². The van der Waals surface area contributed by atoms with E-state index in [1.165, 1.54) is 12.1 Å². The van der Waals surface area contributed by atoms with Gasteiger partial charge in [0.25, 0.3) is 11.6 Å². The van der Waals surface area contributed by atoms with Crippen LogP contribution < -0.4 is 0 Å². The van der Waals surface area contributed by atoms with E-state index in [4.69, 9.17) is 0 Å². The minimum absolute atomic E-state index is 0.0803. The molecule has 1 atom stereocenters. The van der Waals surface area contributed by atoms with Crippen LogP contribution in [-0.2, 0) is 0 Å². The number of benzene rings is 1. The third kappa shape index (κ3) is 3.01. The molecule has 1 aromatic carbocycles. The van der Waals surface area contributed by atoms with Crippen LogP contribution >= 0.6 is 0 Å². The second-order valence-electron chi connectivity index (χ2n) is 5.49. The quantitative estimate of drug-likeness (QED) is 0.689. The zero-order valence-corrected chi connectivity index (χ0v) is 12.3. The fraction of sp³-hybridized carbons (Fsp3) is 0.333. The smallest absolute Gasteiger partial charge is 0.273 e. The molecule has 2 heterocycles. The Morgan fingerprint density at radius 1 is 1.43 bits per heavy atom. The number of phenolic OH excluding ortho intramolecular Hbond substituents is 1. The minimum atomic E-state index is -0.609. The number of non-ortho nitro benzene ring substituents is 1. The molecule has 0 saturated carbocycles. The number of nitrogens with zero attached hydrogens (tertiary/aromatic N) is 4. The van der Waals surface area contributed by atoms with Crippen LogP contribution in [0.4, 0.5) is 5.69 Å². The molecule has 0 spiro atoms. The fourth-order valence-corrected chi connectivity index (χ4v) is 2.84. The first-order valence-corrected chi connectivity index (χ1v) is 7.32. The summed E-state index contributed by atoms with van der Waals surface area (Å²) in [6, 6.07) is 5.46. The predicted octanol–water partition coefficient (Wildman–Crippen LogP) is 1.97. The molecule has 1 fully saturated rings. The second kappa shape index (κ2) is 6.07. The monoisotopic (exact) mass is 316 g/mol. The van der Waals surface area contributed by atoms with Crippen molar-refractivity contribution in [3.05, 3.63) is 52.3 Å². The van der Waals surface area contributed by atoms with Crippen molar-refractivity contribution in [1.82, 2.24) is 14.7 Å². The lowest BCUT2D eigenvalue weighted by Gasteiger charge is -2.33. The van der Waals surface area contributed by atoms with Crippen molar-refractivity contribution in [2.45, 2.75) is 18.9 Å². The number of amides is 1. The Balaban J connectivity index is 1.78. The zero-order chi connectivity index (χ0) is 16.4. The van der Waals surface area contributed by atoms with Crippen LogP contribution in [0.1, 0.15) is 29.2 Å². The number of carbonyl (C=O) groups is 1. The summed E-state index contributed by atoms with van der Waals surface area (Å²) >= 11 is 0. The molecule has 1 amide bonds. The van der Waals surface area contributed by atoms with Gasteiger partial charge in [-0.3, -0.25) is 19.6 Å². The van der Waals surface area contributed by atoms with Crippen molar-refractivity contribution < 1.29 is 14.8 Å². The maximum atomic E-state index is 12.6. The maximum absolute atomic E-state index is 12.6. The lowest BCUT2D eigenvalue weighted by Crippen LogP contribution is -2.40. The van der Waals surface area contributed by atoms with Crippen molar-refractivity contribution in [1.29, 1.82) is 0 Å². The van der Waals surface area contributed by atoms with E-state index < -0.39 is 4.92 Å². The summed E-state index contributed by atoms with van der Waals surface area (Å²) in [6.45, 7) is 1.09. The molecule has 1 aliphatic heterocycles. The molecule has 1 saturated heterocycles. The van der Waals surface area contributed by atoms with E-state index in [1.807, 2.05) is 16.9 Å². The Labute approximate surface area is 132 Å². The van der Waals surface area contributed by atoms with E-state index in [0.29, 0.717) is 13.1 Å². The first-order valence-electron chi connectivity index (χ1n) is 7.32. The summed E-state index contributed by atoms with van der Waals surface area (Å²) in [5, 5.41) is 24.8. The number of carbonyl (C=O) groups excluding carboxylic acids is 1. The molecule has 2 aromatic rings. The van der Waals surface area contributed by atoms with Crippen LogP contribution in [0, 0.1) is 10.1 Å². The predicted molar refractivity (Wildman–Crippen MR) is 81.2 cm³/mol. The molecule has 120 valence electrons.